The van der Waals surface area contributed by atoms with Gasteiger partial charge in [0.05, 0.1) is 0 Å². The maximum absolute atomic E-state index is 3.48. The lowest BCUT2D eigenvalue weighted by atomic mass is 10.0. The predicted octanol–water partition coefficient (Wildman–Crippen LogP) is 10.7. The van der Waals surface area contributed by atoms with Gasteiger partial charge in [-0.05, 0) is 148 Å². The highest BCUT2D eigenvalue weighted by atomic mass is 15.2. The van der Waals surface area contributed by atoms with Crippen LogP contribution in [-0.2, 0) is 25.7 Å². The fraction of sp³-hybridized carbons (Fsp3) is 0.600. The monoisotopic (exact) mass is 929 g/mol. The van der Waals surface area contributed by atoms with Crippen LogP contribution < -0.4 is 40.9 Å². The predicted molar refractivity (Wildman–Crippen MR) is 299 cm³/mol. The molecule has 0 aliphatic carbocycles. The third-order valence-electron chi connectivity index (χ3n) is 13.5. The lowest BCUT2D eigenvalue weighted by molar-refractivity contribution is 0.485. The minimum atomic E-state index is 0.596. The Morgan fingerprint density at radius 1 is 0.382 bits per heavy atom. The number of hydrogen-bond donors (Lipinski definition) is 4. The van der Waals surface area contributed by atoms with E-state index in [2.05, 4.69) is 221 Å². The Morgan fingerprint density at radius 3 is 0.912 bits per heavy atom. The summed E-state index contributed by atoms with van der Waals surface area (Å²) in [6.07, 6.45) is 4.71. The van der Waals surface area contributed by atoms with Gasteiger partial charge in [0.2, 0.25) is 0 Å². The molecule has 4 fully saturated rings. The van der Waals surface area contributed by atoms with Gasteiger partial charge in [-0.2, -0.15) is 0 Å². The molecule has 0 unspecified atom stereocenters. The molecule has 4 aliphatic rings. The molecule has 8 rings (SSSR count). The van der Waals surface area contributed by atoms with Crippen molar-refractivity contribution in [2.24, 2.45) is 23.7 Å². The average molecular weight is 929 g/mol. The second-order valence-electron chi connectivity index (χ2n) is 22.2. The summed E-state index contributed by atoms with van der Waals surface area (Å²) in [5, 5.41) is 13.8. The van der Waals surface area contributed by atoms with Crippen molar-refractivity contribution in [2.75, 3.05) is 98.1 Å². The van der Waals surface area contributed by atoms with Crippen molar-refractivity contribution in [2.45, 2.75) is 133 Å². The number of anilines is 4. The lowest BCUT2D eigenvalue weighted by Gasteiger charge is -2.36. The largest absolute Gasteiger partial charge is 0.369 e. The van der Waals surface area contributed by atoms with E-state index in [0.29, 0.717) is 24.2 Å². The molecule has 68 heavy (non-hydrogen) atoms. The van der Waals surface area contributed by atoms with Crippen molar-refractivity contribution in [1.29, 1.82) is 0 Å². The summed E-state index contributed by atoms with van der Waals surface area (Å²) in [7, 11) is 0. The van der Waals surface area contributed by atoms with Crippen molar-refractivity contribution in [3.05, 3.63) is 119 Å². The van der Waals surface area contributed by atoms with E-state index in [1.165, 1.54) is 70.7 Å². The van der Waals surface area contributed by atoms with Crippen LogP contribution in [0.25, 0.3) is 0 Å². The Morgan fingerprint density at radius 2 is 0.662 bits per heavy atom. The van der Waals surface area contributed by atoms with Gasteiger partial charge < -0.3 is 40.9 Å². The van der Waals surface area contributed by atoms with Gasteiger partial charge in [-0.25, -0.2) is 0 Å². The Kier molecular flexibility index (Phi) is 23.0. The first-order valence-corrected chi connectivity index (χ1v) is 26.9. The zero-order valence-corrected chi connectivity index (χ0v) is 45.0. The maximum atomic E-state index is 3.48. The molecular formula is C60H96N8. The molecule has 0 radical (unpaired) electrons. The minimum absolute atomic E-state index is 0.596. The normalized spacial score (nSPS) is 20.9. The summed E-state index contributed by atoms with van der Waals surface area (Å²) < 4.78 is 0. The Hall–Kier alpha value is -4.08. The van der Waals surface area contributed by atoms with E-state index in [-0.39, 0.29) is 0 Å². The number of piperazine rings is 4. The van der Waals surface area contributed by atoms with Crippen LogP contribution in [0.5, 0.6) is 0 Å². The second kappa shape index (κ2) is 28.6. The minimum Gasteiger partial charge on any atom is -0.369 e. The van der Waals surface area contributed by atoms with E-state index in [1.54, 1.807) is 0 Å². The summed E-state index contributed by atoms with van der Waals surface area (Å²) in [4.78, 5) is 9.94. The van der Waals surface area contributed by atoms with E-state index in [1.807, 2.05) is 0 Å². The van der Waals surface area contributed by atoms with Gasteiger partial charge in [-0.1, -0.05) is 104 Å². The lowest BCUT2D eigenvalue weighted by Crippen LogP contribution is -2.49. The molecule has 0 saturated carbocycles. The van der Waals surface area contributed by atoms with Crippen molar-refractivity contribution >= 4 is 22.7 Å². The molecule has 376 valence electrons. The highest BCUT2D eigenvalue weighted by Crippen LogP contribution is 2.23. The summed E-state index contributed by atoms with van der Waals surface area (Å²) in [6.45, 7) is 40.5. The molecule has 4 N–H and O–H groups in total. The van der Waals surface area contributed by atoms with Crippen molar-refractivity contribution in [3.8, 4) is 0 Å². The van der Waals surface area contributed by atoms with Gasteiger partial charge >= 0.3 is 0 Å². The van der Waals surface area contributed by atoms with E-state index >= 15 is 0 Å². The standard InChI is InChI=1S/4C15H24N2/c2*1-12(2)10-14-4-6-15(7-5-14)17-9-8-16-13(3)11-17;2*1-12(2)10-14-4-6-15(7-5-14)17-9-8-16-11-13(17)3/h4*4-7,12-13,16H,8-11H2,1-3H3/t4*13-/m1010/s1. The van der Waals surface area contributed by atoms with Crippen LogP contribution in [0, 0.1) is 23.7 Å². The van der Waals surface area contributed by atoms with Crippen LogP contribution in [0.15, 0.2) is 97.1 Å². The van der Waals surface area contributed by atoms with Crippen LogP contribution >= 0.6 is 0 Å². The van der Waals surface area contributed by atoms with Gasteiger partial charge in [0.1, 0.15) is 0 Å². The molecule has 0 spiro atoms. The zero-order valence-electron chi connectivity index (χ0n) is 45.0. The number of benzene rings is 4. The van der Waals surface area contributed by atoms with Gasteiger partial charge in [-0.3, -0.25) is 0 Å². The van der Waals surface area contributed by atoms with E-state index in [0.717, 1.165) is 102 Å². The smallest absolute Gasteiger partial charge is 0.0386 e. The average Bonchev–Trinajstić information content (AvgIpc) is 3.30. The molecule has 4 aromatic carbocycles. The van der Waals surface area contributed by atoms with E-state index in [4.69, 9.17) is 0 Å². The Bertz CT molecular complexity index is 1800. The Balaban J connectivity index is 0.000000169. The highest BCUT2D eigenvalue weighted by Gasteiger charge is 2.20. The topological polar surface area (TPSA) is 61.1 Å². The first kappa shape index (κ1) is 54.9. The first-order chi connectivity index (χ1) is 32.6. The van der Waals surface area contributed by atoms with Crippen LogP contribution in [-0.4, -0.2) is 103 Å². The van der Waals surface area contributed by atoms with Crippen LogP contribution in [0.3, 0.4) is 0 Å². The number of rotatable bonds is 12. The van der Waals surface area contributed by atoms with Crippen molar-refractivity contribution < 1.29 is 0 Å². The van der Waals surface area contributed by atoms with Crippen molar-refractivity contribution in [3.63, 3.8) is 0 Å². The zero-order chi connectivity index (χ0) is 49.0. The van der Waals surface area contributed by atoms with Crippen LogP contribution in [0.4, 0.5) is 22.7 Å². The highest BCUT2D eigenvalue weighted by molar-refractivity contribution is 5.51. The third-order valence-corrected chi connectivity index (χ3v) is 13.5. The molecule has 4 heterocycles. The molecule has 8 heteroatoms. The van der Waals surface area contributed by atoms with E-state index in [9.17, 15) is 0 Å². The van der Waals surface area contributed by atoms with Crippen LogP contribution in [0.2, 0.25) is 0 Å². The number of nitrogens with zero attached hydrogens (tertiary/aromatic N) is 4. The summed E-state index contributed by atoms with van der Waals surface area (Å²) in [5.41, 5.74) is 11.3. The van der Waals surface area contributed by atoms with Gasteiger partial charge in [0.15, 0.2) is 0 Å². The first-order valence-electron chi connectivity index (χ1n) is 26.9. The van der Waals surface area contributed by atoms with Gasteiger partial charge in [-0.15, -0.1) is 0 Å². The summed E-state index contributed by atoms with van der Waals surface area (Å²) in [6, 6.07) is 38.8. The quantitative estimate of drug-likeness (QED) is 0.112. The molecule has 0 bridgehead atoms. The maximum Gasteiger partial charge on any atom is 0.0386 e. The summed E-state index contributed by atoms with van der Waals surface area (Å²) in [5.74, 6) is 2.94. The number of nitrogens with one attached hydrogen (secondary N) is 4. The Labute approximate surface area is 416 Å². The third kappa shape index (κ3) is 19.0. The van der Waals surface area contributed by atoms with E-state index < -0.39 is 0 Å². The summed E-state index contributed by atoms with van der Waals surface area (Å²) >= 11 is 0. The number of hydrogen-bond acceptors (Lipinski definition) is 8. The van der Waals surface area contributed by atoms with Gasteiger partial charge in [0.25, 0.3) is 0 Å². The van der Waals surface area contributed by atoms with Gasteiger partial charge in [0, 0.05) is 125 Å². The SMILES string of the molecule is CC(C)Cc1ccc(N2CCNC[C@@H]2C)cc1.CC(C)Cc1ccc(N2CCNC[C@H]2C)cc1.CC(C)Cc1ccc(N2CCN[C@@H](C)C2)cc1.CC(C)Cc1ccc(N2CCN[C@H](C)C2)cc1. The van der Waals surface area contributed by atoms with Crippen LogP contribution in [0.1, 0.15) is 105 Å². The molecular weight excluding hydrogens is 833 g/mol. The molecule has 8 nitrogen and oxygen atoms in total. The molecule has 4 saturated heterocycles. The second-order valence-corrected chi connectivity index (χ2v) is 22.2. The molecule has 0 amide bonds. The fourth-order valence-corrected chi connectivity index (χ4v) is 10.0. The molecule has 4 aliphatic heterocycles. The van der Waals surface area contributed by atoms with Crippen molar-refractivity contribution in [1.82, 2.24) is 21.3 Å². The molecule has 0 aromatic heterocycles. The fourth-order valence-electron chi connectivity index (χ4n) is 10.0. The molecule has 4 aromatic rings. The molecule has 4 atom stereocenters.